The second-order valence-electron chi connectivity index (χ2n) is 10.1. The van der Waals surface area contributed by atoms with E-state index in [1.807, 2.05) is 0 Å². The molecule has 0 bridgehead atoms. The van der Waals surface area contributed by atoms with Crippen LogP contribution in [0.5, 0.6) is 17.2 Å². The number of alkyl halides is 3. The summed E-state index contributed by atoms with van der Waals surface area (Å²) in [5, 5.41) is 10.7. The quantitative estimate of drug-likeness (QED) is 0.399. The number of benzene rings is 2. The van der Waals surface area contributed by atoms with Gasteiger partial charge in [-0.05, 0) is 55.9 Å². The molecule has 3 rings (SSSR count). The van der Waals surface area contributed by atoms with Crippen molar-refractivity contribution < 1.29 is 42.1 Å². The number of hydrogen-bond acceptors (Lipinski definition) is 6. The number of aliphatic hydroxyl groups is 1. The number of unbranched alkanes of at least 4 members (excludes halogenated alkanes) is 1. The zero-order valence-electron chi connectivity index (χ0n) is 23.3. The van der Waals surface area contributed by atoms with Crippen LogP contribution in [0.4, 0.5) is 13.2 Å². The van der Waals surface area contributed by atoms with Gasteiger partial charge < -0.3 is 29.1 Å². The Morgan fingerprint density at radius 1 is 1.00 bits per heavy atom. The number of likely N-dealkylation sites (tertiary alicyclic amines) is 1. The number of halogens is 3. The standard InChI is InChI=1S/C29H37F3N2O6/c1-33(2)26(35)24-12-11-23(19-25(24)39-4)40-17-6-5-8-20-13-15-34(16-14-20)27(36)28(37,29(30,31)32)21-9-7-10-22(18-21)38-3/h7,9-12,18-20,37H,5-6,8,13-17H2,1-4H3/t28-/m0/s1. The molecular formula is C29H37F3N2O6. The predicted molar refractivity (Wildman–Crippen MR) is 143 cm³/mol. The highest BCUT2D eigenvalue weighted by Crippen LogP contribution is 2.42. The summed E-state index contributed by atoms with van der Waals surface area (Å²) < 4.78 is 58.2. The summed E-state index contributed by atoms with van der Waals surface area (Å²) >= 11 is 0. The predicted octanol–water partition coefficient (Wildman–Crippen LogP) is 4.64. The molecule has 0 aromatic heterocycles. The Hall–Kier alpha value is -3.47. The van der Waals surface area contributed by atoms with Crippen molar-refractivity contribution in [1.82, 2.24) is 9.80 Å². The van der Waals surface area contributed by atoms with Crippen LogP contribution in [0.15, 0.2) is 42.5 Å². The molecule has 1 aliphatic rings. The van der Waals surface area contributed by atoms with Crippen LogP contribution < -0.4 is 14.2 Å². The van der Waals surface area contributed by atoms with Crippen LogP contribution in [0.3, 0.4) is 0 Å². The largest absolute Gasteiger partial charge is 0.497 e. The van der Waals surface area contributed by atoms with Gasteiger partial charge in [0, 0.05) is 38.8 Å². The van der Waals surface area contributed by atoms with Crippen LogP contribution in [0.25, 0.3) is 0 Å². The first-order valence-electron chi connectivity index (χ1n) is 13.2. The number of amides is 2. The maximum atomic E-state index is 14.0. The fourth-order valence-corrected chi connectivity index (χ4v) is 4.81. The Morgan fingerprint density at radius 2 is 1.70 bits per heavy atom. The van der Waals surface area contributed by atoms with E-state index in [0.29, 0.717) is 36.5 Å². The summed E-state index contributed by atoms with van der Waals surface area (Å²) in [4.78, 5) is 27.8. The molecule has 1 aliphatic heterocycles. The number of piperidine rings is 1. The minimum absolute atomic E-state index is 0.117. The van der Waals surface area contributed by atoms with E-state index in [9.17, 15) is 27.9 Å². The number of hydrogen-bond donors (Lipinski definition) is 1. The Morgan fingerprint density at radius 3 is 2.30 bits per heavy atom. The lowest BCUT2D eigenvalue weighted by molar-refractivity contribution is -0.262. The number of nitrogens with zero attached hydrogens (tertiary/aromatic N) is 2. The van der Waals surface area contributed by atoms with Gasteiger partial charge in [0.05, 0.1) is 26.4 Å². The number of carbonyl (C=O) groups is 2. The summed E-state index contributed by atoms with van der Waals surface area (Å²) in [6.07, 6.45) is -1.62. The van der Waals surface area contributed by atoms with E-state index in [1.54, 1.807) is 32.3 Å². The zero-order valence-corrected chi connectivity index (χ0v) is 23.3. The average molecular weight is 567 g/mol. The van der Waals surface area contributed by atoms with Crippen LogP contribution in [-0.4, -0.2) is 80.9 Å². The maximum absolute atomic E-state index is 14.0. The number of rotatable bonds is 11. The third-order valence-electron chi connectivity index (χ3n) is 7.19. The molecule has 2 aromatic carbocycles. The van der Waals surface area contributed by atoms with Gasteiger partial charge in [-0.15, -0.1) is 0 Å². The first-order valence-corrected chi connectivity index (χ1v) is 13.2. The van der Waals surface area contributed by atoms with Crippen molar-refractivity contribution in [3.05, 3.63) is 53.6 Å². The normalized spacial score (nSPS) is 15.8. The first kappa shape index (κ1) is 31.1. The number of ether oxygens (including phenoxy) is 3. The Kier molecular flexibility index (Phi) is 10.3. The minimum Gasteiger partial charge on any atom is -0.497 e. The van der Waals surface area contributed by atoms with Crippen molar-refractivity contribution in [2.45, 2.75) is 43.9 Å². The third kappa shape index (κ3) is 6.99. The van der Waals surface area contributed by atoms with E-state index < -0.39 is 23.2 Å². The number of carbonyl (C=O) groups excluding carboxylic acids is 2. The molecule has 220 valence electrons. The van der Waals surface area contributed by atoms with E-state index in [2.05, 4.69) is 0 Å². The summed E-state index contributed by atoms with van der Waals surface area (Å²) in [7, 11) is 6.12. The Labute approximate surface area is 232 Å². The highest BCUT2D eigenvalue weighted by molar-refractivity contribution is 5.96. The summed E-state index contributed by atoms with van der Waals surface area (Å²) in [5.74, 6) is -0.135. The van der Waals surface area contributed by atoms with Gasteiger partial charge in [0.25, 0.3) is 17.4 Å². The lowest BCUT2D eigenvalue weighted by atomic mass is 9.87. The van der Waals surface area contributed by atoms with Crippen LogP contribution in [0, 0.1) is 5.92 Å². The van der Waals surface area contributed by atoms with Crippen molar-refractivity contribution in [2.75, 3.05) is 48.0 Å². The summed E-state index contributed by atoms with van der Waals surface area (Å²) in [5.41, 5.74) is -3.77. The SMILES string of the molecule is COc1cccc([C@](O)(C(=O)N2CCC(CCCCOc3ccc(C(=O)N(C)C)c(OC)c3)CC2)C(F)(F)F)c1. The molecule has 40 heavy (non-hydrogen) atoms. The van der Waals surface area contributed by atoms with E-state index in [4.69, 9.17) is 14.2 Å². The molecule has 1 atom stereocenters. The van der Waals surface area contributed by atoms with Crippen LogP contribution >= 0.6 is 0 Å². The topological polar surface area (TPSA) is 88.5 Å². The van der Waals surface area contributed by atoms with Gasteiger partial charge in [0.1, 0.15) is 17.2 Å². The van der Waals surface area contributed by atoms with Crippen molar-refractivity contribution in [3.63, 3.8) is 0 Å². The van der Waals surface area contributed by atoms with Gasteiger partial charge in [-0.2, -0.15) is 13.2 Å². The second-order valence-corrected chi connectivity index (χ2v) is 10.1. The molecule has 0 spiro atoms. The highest BCUT2D eigenvalue weighted by Gasteiger charge is 2.62. The molecule has 0 unspecified atom stereocenters. The average Bonchev–Trinajstić information content (AvgIpc) is 2.95. The van der Waals surface area contributed by atoms with Gasteiger partial charge in [0.15, 0.2) is 0 Å². The fourth-order valence-electron chi connectivity index (χ4n) is 4.81. The molecule has 1 saturated heterocycles. The van der Waals surface area contributed by atoms with Crippen LogP contribution in [0.1, 0.15) is 48.0 Å². The molecule has 1 fully saturated rings. The molecule has 2 amide bonds. The highest BCUT2D eigenvalue weighted by atomic mass is 19.4. The van der Waals surface area contributed by atoms with Crippen LogP contribution in [0.2, 0.25) is 0 Å². The van der Waals surface area contributed by atoms with Crippen molar-refractivity contribution in [1.29, 1.82) is 0 Å². The van der Waals surface area contributed by atoms with E-state index in [-0.39, 0.29) is 30.7 Å². The Balaban J connectivity index is 1.48. The zero-order chi connectivity index (χ0) is 29.5. The van der Waals surface area contributed by atoms with E-state index in [0.717, 1.165) is 36.3 Å². The maximum Gasteiger partial charge on any atom is 0.430 e. The smallest absolute Gasteiger partial charge is 0.430 e. The van der Waals surface area contributed by atoms with Crippen LogP contribution in [-0.2, 0) is 10.4 Å². The van der Waals surface area contributed by atoms with Crippen molar-refractivity contribution in [2.24, 2.45) is 5.92 Å². The van der Waals surface area contributed by atoms with E-state index >= 15 is 0 Å². The third-order valence-corrected chi connectivity index (χ3v) is 7.19. The Bertz CT molecular complexity index is 1160. The molecule has 1 heterocycles. The van der Waals surface area contributed by atoms with Crippen molar-refractivity contribution in [3.8, 4) is 17.2 Å². The van der Waals surface area contributed by atoms with Gasteiger partial charge in [-0.25, -0.2) is 0 Å². The van der Waals surface area contributed by atoms with Gasteiger partial charge >= 0.3 is 6.18 Å². The second kappa shape index (κ2) is 13.3. The molecule has 8 nitrogen and oxygen atoms in total. The lowest BCUT2D eigenvalue weighted by Gasteiger charge is -2.38. The van der Waals surface area contributed by atoms with Crippen molar-refractivity contribution >= 4 is 11.8 Å². The monoisotopic (exact) mass is 566 g/mol. The molecule has 0 aliphatic carbocycles. The summed E-state index contributed by atoms with van der Waals surface area (Å²) in [6.45, 7) is 0.737. The summed E-state index contributed by atoms with van der Waals surface area (Å²) in [6, 6.07) is 9.94. The molecule has 0 radical (unpaired) electrons. The molecule has 0 saturated carbocycles. The molecule has 1 N–H and O–H groups in total. The van der Waals surface area contributed by atoms with Gasteiger partial charge in [-0.3, -0.25) is 9.59 Å². The van der Waals surface area contributed by atoms with Gasteiger partial charge in [0.2, 0.25) is 0 Å². The number of methoxy groups -OCH3 is 2. The molecular weight excluding hydrogens is 529 g/mol. The van der Waals surface area contributed by atoms with Gasteiger partial charge in [-0.1, -0.05) is 18.6 Å². The minimum atomic E-state index is -5.19. The molecule has 11 heteroatoms. The lowest BCUT2D eigenvalue weighted by Crippen LogP contribution is -2.57. The van der Waals surface area contributed by atoms with E-state index in [1.165, 1.54) is 31.3 Å². The fraction of sp³-hybridized carbons (Fsp3) is 0.517. The molecule has 2 aromatic rings. The first-order chi connectivity index (χ1) is 18.9.